The lowest BCUT2D eigenvalue weighted by Crippen LogP contribution is -2.25. The molecule has 0 fully saturated rings. The first-order valence-corrected chi connectivity index (χ1v) is 9.23. The van der Waals surface area contributed by atoms with Crippen molar-refractivity contribution in [3.8, 4) is 11.3 Å². The van der Waals surface area contributed by atoms with E-state index in [0.717, 1.165) is 40.8 Å². The highest BCUT2D eigenvalue weighted by molar-refractivity contribution is 7.99. The van der Waals surface area contributed by atoms with Crippen LogP contribution in [0.5, 0.6) is 0 Å². The molecule has 3 aromatic rings. The second kappa shape index (κ2) is 7.11. The quantitative estimate of drug-likeness (QED) is 0.734. The highest BCUT2D eigenvalue weighted by Gasteiger charge is 2.23. The van der Waals surface area contributed by atoms with E-state index in [1.165, 1.54) is 12.1 Å². The number of nitrogens with zero attached hydrogens (tertiary/aromatic N) is 2. The SMILES string of the molecule is O=C(NCc1c(-c2ccc(F)cc2)nc2n1CCS2)c1ccc(F)cc1F. The van der Waals surface area contributed by atoms with E-state index in [1.807, 2.05) is 4.57 Å². The Morgan fingerprint density at radius 3 is 2.59 bits per heavy atom. The molecule has 4 nitrogen and oxygen atoms in total. The summed E-state index contributed by atoms with van der Waals surface area (Å²) in [5.74, 6) is -1.77. The summed E-state index contributed by atoms with van der Waals surface area (Å²) in [7, 11) is 0. The van der Waals surface area contributed by atoms with Gasteiger partial charge in [-0.05, 0) is 36.4 Å². The van der Waals surface area contributed by atoms with Crippen LogP contribution in [0.1, 0.15) is 16.1 Å². The second-order valence-electron chi connectivity index (χ2n) is 6.00. The highest BCUT2D eigenvalue weighted by Crippen LogP contribution is 2.33. The largest absolute Gasteiger partial charge is 0.346 e. The van der Waals surface area contributed by atoms with Crippen LogP contribution < -0.4 is 5.32 Å². The Hall–Kier alpha value is -2.74. The second-order valence-corrected chi connectivity index (χ2v) is 7.07. The van der Waals surface area contributed by atoms with Gasteiger partial charge in [0, 0.05) is 23.9 Å². The van der Waals surface area contributed by atoms with Gasteiger partial charge >= 0.3 is 0 Å². The lowest BCUT2D eigenvalue weighted by molar-refractivity contribution is 0.0946. The molecule has 27 heavy (non-hydrogen) atoms. The molecule has 2 heterocycles. The van der Waals surface area contributed by atoms with E-state index < -0.39 is 17.5 Å². The third-order valence-electron chi connectivity index (χ3n) is 4.29. The van der Waals surface area contributed by atoms with Gasteiger partial charge in [0.2, 0.25) is 0 Å². The van der Waals surface area contributed by atoms with E-state index in [2.05, 4.69) is 10.3 Å². The summed E-state index contributed by atoms with van der Waals surface area (Å²) in [4.78, 5) is 16.9. The Morgan fingerprint density at radius 1 is 1.11 bits per heavy atom. The van der Waals surface area contributed by atoms with Crippen molar-refractivity contribution in [2.45, 2.75) is 18.2 Å². The fourth-order valence-corrected chi connectivity index (χ4v) is 3.95. The predicted octanol–water partition coefficient (Wildman–Crippen LogP) is 4.00. The van der Waals surface area contributed by atoms with Crippen molar-refractivity contribution in [2.24, 2.45) is 0 Å². The van der Waals surface area contributed by atoms with Gasteiger partial charge in [-0.15, -0.1) is 0 Å². The zero-order chi connectivity index (χ0) is 19.0. The van der Waals surface area contributed by atoms with Crippen LogP contribution in [0, 0.1) is 17.5 Å². The minimum absolute atomic E-state index is 0.121. The summed E-state index contributed by atoms with van der Waals surface area (Å²) in [6.07, 6.45) is 0. The smallest absolute Gasteiger partial charge is 0.254 e. The van der Waals surface area contributed by atoms with Gasteiger partial charge in [0.05, 0.1) is 23.5 Å². The van der Waals surface area contributed by atoms with Gasteiger partial charge in [-0.1, -0.05) is 11.8 Å². The van der Waals surface area contributed by atoms with Crippen LogP contribution in [-0.2, 0) is 13.1 Å². The molecule has 1 aromatic heterocycles. The number of hydrogen-bond donors (Lipinski definition) is 1. The predicted molar refractivity (Wildman–Crippen MR) is 95.9 cm³/mol. The zero-order valence-corrected chi connectivity index (χ0v) is 14.8. The number of nitrogens with one attached hydrogen (secondary N) is 1. The lowest BCUT2D eigenvalue weighted by Gasteiger charge is -2.10. The van der Waals surface area contributed by atoms with E-state index in [9.17, 15) is 18.0 Å². The Kier molecular flexibility index (Phi) is 4.65. The Labute approximate surface area is 157 Å². The van der Waals surface area contributed by atoms with Crippen LogP contribution in [0.15, 0.2) is 47.6 Å². The first-order valence-electron chi connectivity index (χ1n) is 8.24. The maximum absolute atomic E-state index is 13.8. The summed E-state index contributed by atoms with van der Waals surface area (Å²) >= 11 is 1.60. The average Bonchev–Trinajstić information content (AvgIpc) is 3.22. The van der Waals surface area contributed by atoms with Crippen molar-refractivity contribution in [1.29, 1.82) is 0 Å². The lowest BCUT2D eigenvalue weighted by atomic mass is 10.1. The van der Waals surface area contributed by atoms with E-state index in [-0.39, 0.29) is 17.9 Å². The number of halogens is 3. The molecule has 0 bridgehead atoms. The third kappa shape index (κ3) is 3.44. The van der Waals surface area contributed by atoms with Crippen LogP contribution in [0.3, 0.4) is 0 Å². The summed E-state index contributed by atoms with van der Waals surface area (Å²) in [6.45, 7) is 0.861. The summed E-state index contributed by atoms with van der Waals surface area (Å²) in [5.41, 5.74) is 1.92. The molecular formula is C19H14F3N3OS. The number of imidazole rings is 1. The number of aromatic nitrogens is 2. The molecule has 1 aliphatic rings. The van der Waals surface area contributed by atoms with Gasteiger partial charge in [0.1, 0.15) is 17.5 Å². The van der Waals surface area contributed by atoms with E-state index in [0.29, 0.717) is 11.8 Å². The van der Waals surface area contributed by atoms with Crippen molar-refractivity contribution in [1.82, 2.24) is 14.9 Å². The molecule has 0 saturated carbocycles. The zero-order valence-electron chi connectivity index (χ0n) is 14.0. The fraction of sp³-hybridized carbons (Fsp3) is 0.158. The molecule has 138 valence electrons. The third-order valence-corrected chi connectivity index (χ3v) is 5.25. The van der Waals surface area contributed by atoms with Crippen molar-refractivity contribution in [2.75, 3.05) is 5.75 Å². The number of carbonyl (C=O) groups is 1. The van der Waals surface area contributed by atoms with Crippen molar-refractivity contribution in [3.05, 3.63) is 71.2 Å². The molecule has 1 N–H and O–H groups in total. The van der Waals surface area contributed by atoms with Crippen molar-refractivity contribution in [3.63, 3.8) is 0 Å². The topological polar surface area (TPSA) is 46.9 Å². The van der Waals surface area contributed by atoms with E-state index in [1.54, 1.807) is 23.9 Å². The van der Waals surface area contributed by atoms with Crippen LogP contribution in [0.2, 0.25) is 0 Å². The Bertz CT molecular complexity index is 1020. The number of carbonyl (C=O) groups excluding carboxylic acids is 1. The van der Waals surface area contributed by atoms with Gasteiger partial charge in [0.25, 0.3) is 5.91 Å². The Balaban J connectivity index is 1.61. The van der Waals surface area contributed by atoms with Crippen LogP contribution in [-0.4, -0.2) is 21.2 Å². The number of thioether (sulfide) groups is 1. The van der Waals surface area contributed by atoms with Crippen LogP contribution in [0.4, 0.5) is 13.2 Å². The molecule has 1 aliphatic heterocycles. The summed E-state index contributed by atoms with van der Waals surface area (Å²) in [6, 6.07) is 8.77. The summed E-state index contributed by atoms with van der Waals surface area (Å²) < 4.78 is 42.1. The molecule has 2 aromatic carbocycles. The minimum Gasteiger partial charge on any atom is -0.346 e. The molecule has 8 heteroatoms. The van der Waals surface area contributed by atoms with Crippen molar-refractivity contribution < 1.29 is 18.0 Å². The Morgan fingerprint density at radius 2 is 1.85 bits per heavy atom. The number of benzene rings is 2. The van der Waals surface area contributed by atoms with E-state index in [4.69, 9.17) is 0 Å². The maximum Gasteiger partial charge on any atom is 0.254 e. The number of fused-ring (bicyclic) bond motifs is 1. The normalized spacial score (nSPS) is 12.9. The molecule has 0 unspecified atom stereocenters. The number of rotatable bonds is 4. The van der Waals surface area contributed by atoms with Gasteiger partial charge in [-0.25, -0.2) is 18.2 Å². The molecule has 4 rings (SSSR count). The fourth-order valence-electron chi connectivity index (χ4n) is 2.98. The van der Waals surface area contributed by atoms with Crippen LogP contribution >= 0.6 is 11.8 Å². The van der Waals surface area contributed by atoms with Gasteiger partial charge in [-0.2, -0.15) is 0 Å². The molecule has 0 radical (unpaired) electrons. The molecule has 1 amide bonds. The van der Waals surface area contributed by atoms with Gasteiger partial charge in [-0.3, -0.25) is 4.79 Å². The van der Waals surface area contributed by atoms with Gasteiger partial charge in [0.15, 0.2) is 5.16 Å². The molecular weight excluding hydrogens is 375 g/mol. The molecule has 0 spiro atoms. The van der Waals surface area contributed by atoms with Crippen molar-refractivity contribution >= 4 is 17.7 Å². The molecule has 0 aliphatic carbocycles. The highest BCUT2D eigenvalue weighted by atomic mass is 32.2. The van der Waals surface area contributed by atoms with Crippen LogP contribution in [0.25, 0.3) is 11.3 Å². The average molecular weight is 389 g/mol. The van der Waals surface area contributed by atoms with Gasteiger partial charge < -0.3 is 9.88 Å². The summed E-state index contributed by atoms with van der Waals surface area (Å²) in [5, 5.41) is 3.49. The number of amides is 1. The maximum atomic E-state index is 13.8. The standard InChI is InChI=1S/C19H14F3N3OS/c20-12-3-1-11(2-4-12)17-16(25-7-8-27-19(25)24-17)10-23-18(26)14-6-5-13(21)9-15(14)22/h1-6,9H,7-8,10H2,(H,23,26). The molecule has 0 atom stereocenters. The minimum atomic E-state index is -0.916. The first kappa shape index (κ1) is 17.7. The molecule has 0 saturated heterocycles. The monoisotopic (exact) mass is 389 g/mol. The van der Waals surface area contributed by atoms with E-state index >= 15 is 0 Å². The number of hydrogen-bond acceptors (Lipinski definition) is 3. The first-order chi connectivity index (χ1) is 13.0.